The number of anilines is 1. The van der Waals surface area contributed by atoms with Gasteiger partial charge < -0.3 is 10.0 Å². The Morgan fingerprint density at radius 3 is 2.33 bits per heavy atom. The lowest BCUT2D eigenvalue weighted by molar-refractivity contribution is 0.199. The third-order valence-corrected chi connectivity index (χ3v) is 3.50. The molecule has 0 saturated heterocycles. The standard InChI is InChI=1S/C17H19F2NO/c1-11-8-17(15(12(2)21)9-16(11)19)20(3)10-13-4-6-14(18)7-5-13/h4-9,12,21H,10H2,1-3H3. The summed E-state index contributed by atoms with van der Waals surface area (Å²) in [5.74, 6) is -0.603. The number of aryl methyl sites for hydroxylation is 1. The van der Waals surface area contributed by atoms with Crippen LogP contribution in [0.25, 0.3) is 0 Å². The highest BCUT2D eigenvalue weighted by atomic mass is 19.1. The summed E-state index contributed by atoms with van der Waals surface area (Å²) in [6, 6.07) is 9.34. The first-order chi connectivity index (χ1) is 9.88. The topological polar surface area (TPSA) is 23.5 Å². The molecule has 0 aromatic heterocycles. The van der Waals surface area contributed by atoms with Gasteiger partial charge in [0.1, 0.15) is 11.6 Å². The maximum absolute atomic E-state index is 13.7. The molecule has 1 N–H and O–H groups in total. The Morgan fingerprint density at radius 1 is 1.14 bits per heavy atom. The van der Waals surface area contributed by atoms with Crippen LogP contribution >= 0.6 is 0 Å². The van der Waals surface area contributed by atoms with Crippen molar-refractivity contribution in [2.75, 3.05) is 11.9 Å². The normalized spacial score (nSPS) is 12.3. The second-order valence-corrected chi connectivity index (χ2v) is 5.32. The fourth-order valence-corrected chi connectivity index (χ4v) is 2.30. The van der Waals surface area contributed by atoms with Gasteiger partial charge in [-0.1, -0.05) is 12.1 Å². The molecule has 2 aromatic carbocycles. The highest BCUT2D eigenvalue weighted by Crippen LogP contribution is 2.29. The molecule has 0 bridgehead atoms. The summed E-state index contributed by atoms with van der Waals surface area (Å²) in [4.78, 5) is 1.92. The van der Waals surface area contributed by atoms with E-state index in [1.165, 1.54) is 18.2 Å². The molecule has 0 saturated carbocycles. The smallest absolute Gasteiger partial charge is 0.126 e. The summed E-state index contributed by atoms with van der Waals surface area (Å²) in [7, 11) is 1.86. The van der Waals surface area contributed by atoms with Crippen LogP contribution in [-0.4, -0.2) is 12.2 Å². The van der Waals surface area contributed by atoms with E-state index in [1.807, 2.05) is 11.9 Å². The predicted octanol–water partition coefficient (Wildman–Crippen LogP) is 3.96. The van der Waals surface area contributed by atoms with Crippen LogP contribution < -0.4 is 4.90 Å². The number of hydrogen-bond acceptors (Lipinski definition) is 2. The summed E-state index contributed by atoms with van der Waals surface area (Å²) < 4.78 is 26.6. The molecule has 0 aliphatic heterocycles. The summed E-state index contributed by atoms with van der Waals surface area (Å²) in [5, 5.41) is 9.83. The SMILES string of the molecule is Cc1cc(N(C)Cc2ccc(F)cc2)c(C(C)O)cc1F. The third kappa shape index (κ3) is 3.58. The number of aliphatic hydroxyl groups excluding tert-OH is 1. The van der Waals surface area contributed by atoms with Gasteiger partial charge in [-0.15, -0.1) is 0 Å². The average Bonchev–Trinajstić information content (AvgIpc) is 2.43. The van der Waals surface area contributed by atoms with E-state index < -0.39 is 6.10 Å². The number of nitrogens with zero attached hydrogens (tertiary/aromatic N) is 1. The van der Waals surface area contributed by atoms with Crippen molar-refractivity contribution in [3.63, 3.8) is 0 Å². The third-order valence-electron chi connectivity index (χ3n) is 3.50. The number of benzene rings is 2. The van der Waals surface area contributed by atoms with E-state index in [0.29, 0.717) is 17.7 Å². The number of rotatable bonds is 4. The molecule has 4 heteroatoms. The minimum Gasteiger partial charge on any atom is -0.389 e. The van der Waals surface area contributed by atoms with Crippen molar-refractivity contribution in [1.82, 2.24) is 0 Å². The molecule has 0 spiro atoms. The van der Waals surface area contributed by atoms with Crippen molar-refractivity contribution in [1.29, 1.82) is 0 Å². The monoisotopic (exact) mass is 291 g/mol. The van der Waals surface area contributed by atoms with E-state index in [4.69, 9.17) is 0 Å². The zero-order valence-corrected chi connectivity index (χ0v) is 12.4. The second-order valence-electron chi connectivity index (χ2n) is 5.32. The molecule has 0 aliphatic carbocycles. The average molecular weight is 291 g/mol. The zero-order valence-electron chi connectivity index (χ0n) is 12.4. The predicted molar refractivity (Wildman–Crippen MR) is 80.3 cm³/mol. The first-order valence-corrected chi connectivity index (χ1v) is 6.82. The number of aliphatic hydroxyl groups is 1. The van der Waals surface area contributed by atoms with Crippen LogP contribution in [-0.2, 0) is 6.54 Å². The molecular formula is C17H19F2NO. The molecule has 1 atom stereocenters. The van der Waals surface area contributed by atoms with E-state index >= 15 is 0 Å². The molecule has 112 valence electrons. The van der Waals surface area contributed by atoms with E-state index in [9.17, 15) is 13.9 Å². The Hall–Kier alpha value is -1.94. The molecule has 0 aliphatic rings. The maximum Gasteiger partial charge on any atom is 0.126 e. The Balaban J connectivity index is 2.31. The van der Waals surface area contributed by atoms with Crippen molar-refractivity contribution >= 4 is 5.69 Å². The van der Waals surface area contributed by atoms with Crippen LogP contribution in [0.1, 0.15) is 29.7 Å². The van der Waals surface area contributed by atoms with Crippen molar-refractivity contribution in [2.45, 2.75) is 26.5 Å². The largest absolute Gasteiger partial charge is 0.389 e. The molecular weight excluding hydrogens is 272 g/mol. The molecule has 2 rings (SSSR count). The van der Waals surface area contributed by atoms with Gasteiger partial charge in [0.15, 0.2) is 0 Å². The van der Waals surface area contributed by atoms with Crippen molar-refractivity contribution in [2.24, 2.45) is 0 Å². The van der Waals surface area contributed by atoms with Crippen LogP contribution in [0.15, 0.2) is 36.4 Å². The lowest BCUT2D eigenvalue weighted by atomic mass is 10.0. The van der Waals surface area contributed by atoms with Gasteiger partial charge in [0, 0.05) is 24.8 Å². The van der Waals surface area contributed by atoms with Crippen LogP contribution in [0.3, 0.4) is 0 Å². The summed E-state index contributed by atoms with van der Waals surface area (Å²) in [6.45, 7) is 3.85. The quantitative estimate of drug-likeness (QED) is 0.921. The first-order valence-electron chi connectivity index (χ1n) is 6.82. The Bertz CT molecular complexity index is 623. The Morgan fingerprint density at radius 2 is 1.76 bits per heavy atom. The summed E-state index contributed by atoms with van der Waals surface area (Å²) in [5.41, 5.74) is 2.79. The molecule has 0 heterocycles. The Labute approximate surface area is 123 Å². The van der Waals surface area contributed by atoms with Crippen molar-refractivity contribution in [3.05, 3.63) is 64.7 Å². The zero-order chi connectivity index (χ0) is 15.6. The van der Waals surface area contributed by atoms with E-state index in [1.54, 1.807) is 32.0 Å². The van der Waals surface area contributed by atoms with Crippen LogP contribution in [0.2, 0.25) is 0 Å². The van der Waals surface area contributed by atoms with Gasteiger partial charge in [-0.25, -0.2) is 8.78 Å². The molecule has 2 nitrogen and oxygen atoms in total. The van der Waals surface area contributed by atoms with Gasteiger partial charge in [-0.3, -0.25) is 0 Å². The lowest BCUT2D eigenvalue weighted by Crippen LogP contribution is -2.19. The van der Waals surface area contributed by atoms with Crippen LogP contribution in [0.4, 0.5) is 14.5 Å². The lowest BCUT2D eigenvalue weighted by Gasteiger charge is -2.24. The van der Waals surface area contributed by atoms with E-state index in [-0.39, 0.29) is 11.6 Å². The molecule has 1 unspecified atom stereocenters. The van der Waals surface area contributed by atoms with Crippen molar-refractivity contribution < 1.29 is 13.9 Å². The highest BCUT2D eigenvalue weighted by Gasteiger charge is 2.15. The minimum absolute atomic E-state index is 0.274. The molecule has 0 radical (unpaired) electrons. The summed E-state index contributed by atoms with van der Waals surface area (Å²) in [6.07, 6.45) is -0.759. The Kier molecular flexibility index (Phi) is 4.58. The fourth-order valence-electron chi connectivity index (χ4n) is 2.30. The first kappa shape index (κ1) is 15.4. The molecule has 0 fully saturated rings. The summed E-state index contributed by atoms with van der Waals surface area (Å²) >= 11 is 0. The number of halogens is 2. The van der Waals surface area contributed by atoms with Gasteiger partial charge in [0.25, 0.3) is 0 Å². The fraction of sp³-hybridized carbons (Fsp3) is 0.294. The van der Waals surface area contributed by atoms with E-state index in [2.05, 4.69) is 0 Å². The van der Waals surface area contributed by atoms with Crippen LogP contribution in [0.5, 0.6) is 0 Å². The van der Waals surface area contributed by atoms with Gasteiger partial charge in [-0.05, 0) is 49.2 Å². The van der Waals surface area contributed by atoms with Gasteiger partial charge in [-0.2, -0.15) is 0 Å². The second kappa shape index (κ2) is 6.22. The van der Waals surface area contributed by atoms with Crippen molar-refractivity contribution in [3.8, 4) is 0 Å². The van der Waals surface area contributed by atoms with Gasteiger partial charge in [0.05, 0.1) is 6.10 Å². The van der Waals surface area contributed by atoms with Crippen LogP contribution in [0, 0.1) is 18.6 Å². The highest BCUT2D eigenvalue weighted by molar-refractivity contribution is 5.56. The molecule has 2 aromatic rings. The minimum atomic E-state index is -0.759. The molecule has 21 heavy (non-hydrogen) atoms. The number of hydrogen-bond donors (Lipinski definition) is 1. The van der Waals surface area contributed by atoms with Gasteiger partial charge >= 0.3 is 0 Å². The van der Waals surface area contributed by atoms with Gasteiger partial charge in [0.2, 0.25) is 0 Å². The maximum atomic E-state index is 13.7. The van der Waals surface area contributed by atoms with E-state index in [0.717, 1.165) is 11.3 Å². The molecule has 0 amide bonds.